The quantitative estimate of drug-likeness (QED) is 0.924. The monoisotopic (exact) mass is 326 g/mol. The van der Waals surface area contributed by atoms with Gasteiger partial charge in [-0.1, -0.05) is 19.4 Å². The van der Waals surface area contributed by atoms with Crippen molar-refractivity contribution in [2.24, 2.45) is 5.92 Å². The zero-order valence-electron chi connectivity index (χ0n) is 13.8. The maximum absolute atomic E-state index is 12.4. The lowest BCUT2D eigenvalue weighted by Crippen LogP contribution is -2.42. The van der Waals surface area contributed by atoms with E-state index in [9.17, 15) is 4.79 Å². The molecule has 0 radical (unpaired) electrons. The largest absolute Gasteiger partial charge is 0.424 e. The van der Waals surface area contributed by atoms with Crippen LogP contribution < -0.4 is 10.1 Å². The lowest BCUT2D eigenvalue weighted by Gasteiger charge is -2.32. The number of nitrogens with one attached hydrogen (secondary N) is 1. The smallest absolute Gasteiger partial charge is 0.321 e. The van der Waals surface area contributed by atoms with E-state index < -0.39 is 0 Å². The minimum atomic E-state index is -0.0544. The van der Waals surface area contributed by atoms with Crippen molar-refractivity contribution in [1.82, 2.24) is 14.9 Å². The predicted octanol–water partition coefficient (Wildman–Crippen LogP) is 3.92. The third-order valence-electron chi connectivity index (χ3n) is 4.22. The summed E-state index contributed by atoms with van der Waals surface area (Å²) in [6.07, 6.45) is 6.63. The molecular formula is C18H22N4O2. The summed E-state index contributed by atoms with van der Waals surface area (Å²) >= 11 is 0. The molecule has 3 rings (SSSR count). The third kappa shape index (κ3) is 4.22. The molecule has 1 aliphatic rings. The van der Waals surface area contributed by atoms with E-state index in [2.05, 4.69) is 22.2 Å². The van der Waals surface area contributed by atoms with E-state index in [-0.39, 0.29) is 12.0 Å². The molecule has 2 amide bonds. The highest BCUT2D eigenvalue weighted by atomic mass is 16.5. The topological polar surface area (TPSA) is 67.4 Å². The van der Waals surface area contributed by atoms with Crippen molar-refractivity contribution >= 4 is 11.7 Å². The highest BCUT2D eigenvalue weighted by Crippen LogP contribution is 2.23. The van der Waals surface area contributed by atoms with Gasteiger partial charge in [-0.2, -0.15) is 0 Å². The number of urea groups is 1. The molecule has 126 valence electrons. The normalized spacial score (nSPS) is 17.4. The van der Waals surface area contributed by atoms with Crippen LogP contribution in [0.3, 0.4) is 0 Å². The molecule has 0 saturated carbocycles. The SMILES string of the molecule is CC[C@H]1CCCN(C(=O)Nc2cccc(Oc3ncccn3)c2)C1. The van der Waals surface area contributed by atoms with E-state index in [0.717, 1.165) is 25.9 Å². The van der Waals surface area contributed by atoms with Crippen LogP contribution in [0.5, 0.6) is 11.8 Å². The molecule has 1 aromatic carbocycles. The van der Waals surface area contributed by atoms with E-state index in [0.29, 0.717) is 17.4 Å². The first-order valence-corrected chi connectivity index (χ1v) is 8.35. The van der Waals surface area contributed by atoms with Crippen LogP contribution in [0.4, 0.5) is 10.5 Å². The van der Waals surface area contributed by atoms with E-state index in [1.54, 1.807) is 30.6 Å². The Kier molecular flexibility index (Phi) is 5.25. The second-order valence-corrected chi connectivity index (χ2v) is 5.95. The number of carbonyl (C=O) groups excluding carboxylic acids is 1. The van der Waals surface area contributed by atoms with Crippen molar-refractivity contribution in [2.75, 3.05) is 18.4 Å². The van der Waals surface area contributed by atoms with Gasteiger partial charge in [0.1, 0.15) is 5.75 Å². The number of hydrogen-bond donors (Lipinski definition) is 1. The Bertz CT molecular complexity index is 678. The van der Waals surface area contributed by atoms with E-state index >= 15 is 0 Å². The number of anilines is 1. The second kappa shape index (κ2) is 7.77. The maximum Gasteiger partial charge on any atom is 0.321 e. The Morgan fingerprint density at radius 3 is 2.96 bits per heavy atom. The number of nitrogens with zero attached hydrogens (tertiary/aromatic N) is 3. The average molecular weight is 326 g/mol. The number of piperidine rings is 1. The molecule has 0 bridgehead atoms. The van der Waals surface area contributed by atoms with Gasteiger partial charge >= 0.3 is 12.0 Å². The minimum absolute atomic E-state index is 0.0544. The Balaban J connectivity index is 1.63. The van der Waals surface area contributed by atoms with Crippen LogP contribution in [0, 0.1) is 5.92 Å². The number of ether oxygens (including phenoxy) is 1. The summed E-state index contributed by atoms with van der Waals surface area (Å²) in [4.78, 5) is 22.4. The van der Waals surface area contributed by atoms with Crippen LogP contribution in [-0.2, 0) is 0 Å². The van der Waals surface area contributed by atoms with Crippen LogP contribution in [0.1, 0.15) is 26.2 Å². The minimum Gasteiger partial charge on any atom is -0.424 e. The summed E-state index contributed by atoms with van der Waals surface area (Å²) in [5.74, 6) is 1.19. The number of benzene rings is 1. The van der Waals surface area contributed by atoms with Gasteiger partial charge in [-0.3, -0.25) is 0 Å². The molecule has 1 saturated heterocycles. The summed E-state index contributed by atoms with van der Waals surface area (Å²) < 4.78 is 5.59. The molecule has 1 fully saturated rings. The lowest BCUT2D eigenvalue weighted by atomic mass is 9.96. The van der Waals surface area contributed by atoms with Crippen LogP contribution in [0.25, 0.3) is 0 Å². The molecule has 1 aliphatic heterocycles. The van der Waals surface area contributed by atoms with Crippen LogP contribution in [0.2, 0.25) is 0 Å². The average Bonchev–Trinajstić information content (AvgIpc) is 2.63. The molecule has 1 atom stereocenters. The number of hydrogen-bond acceptors (Lipinski definition) is 4. The van der Waals surface area contributed by atoms with Gasteiger partial charge in [-0.25, -0.2) is 14.8 Å². The third-order valence-corrected chi connectivity index (χ3v) is 4.22. The molecular weight excluding hydrogens is 304 g/mol. The van der Waals surface area contributed by atoms with Gasteiger partial charge in [-0.05, 0) is 37.0 Å². The van der Waals surface area contributed by atoms with E-state index in [1.807, 2.05) is 17.0 Å². The summed E-state index contributed by atoms with van der Waals surface area (Å²) in [5, 5.41) is 2.95. The fraction of sp³-hybridized carbons (Fsp3) is 0.389. The summed E-state index contributed by atoms with van der Waals surface area (Å²) in [6, 6.07) is 9.21. The first kappa shape index (κ1) is 16.2. The lowest BCUT2D eigenvalue weighted by molar-refractivity contribution is 0.176. The highest BCUT2D eigenvalue weighted by molar-refractivity contribution is 5.89. The van der Waals surface area contributed by atoms with Crippen LogP contribution >= 0.6 is 0 Å². The highest BCUT2D eigenvalue weighted by Gasteiger charge is 2.22. The molecule has 2 aromatic rings. The number of carbonyl (C=O) groups is 1. The molecule has 2 heterocycles. The van der Waals surface area contributed by atoms with E-state index in [1.165, 1.54) is 6.42 Å². The van der Waals surface area contributed by atoms with Gasteiger partial charge in [0.05, 0.1) is 0 Å². The van der Waals surface area contributed by atoms with Crippen molar-refractivity contribution in [2.45, 2.75) is 26.2 Å². The first-order valence-electron chi connectivity index (χ1n) is 8.35. The molecule has 24 heavy (non-hydrogen) atoms. The number of rotatable bonds is 4. The van der Waals surface area contributed by atoms with Crippen LogP contribution in [0.15, 0.2) is 42.7 Å². The zero-order chi connectivity index (χ0) is 16.8. The molecule has 0 aliphatic carbocycles. The van der Waals surface area contributed by atoms with Gasteiger partial charge in [0.2, 0.25) is 0 Å². The van der Waals surface area contributed by atoms with Gasteiger partial charge < -0.3 is 15.0 Å². The summed E-state index contributed by atoms with van der Waals surface area (Å²) in [6.45, 7) is 3.82. The second-order valence-electron chi connectivity index (χ2n) is 5.95. The van der Waals surface area contributed by atoms with Crippen molar-refractivity contribution < 1.29 is 9.53 Å². The Hall–Kier alpha value is -2.63. The van der Waals surface area contributed by atoms with Gasteiger partial charge in [0.15, 0.2) is 0 Å². The fourth-order valence-corrected chi connectivity index (χ4v) is 2.87. The summed E-state index contributed by atoms with van der Waals surface area (Å²) in [5.41, 5.74) is 0.701. The number of likely N-dealkylation sites (tertiary alicyclic amines) is 1. The molecule has 1 N–H and O–H groups in total. The Morgan fingerprint density at radius 1 is 1.33 bits per heavy atom. The van der Waals surface area contributed by atoms with E-state index in [4.69, 9.17) is 4.74 Å². The van der Waals surface area contributed by atoms with Crippen molar-refractivity contribution in [3.8, 4) is 11.8 Å². The van der Waals surface area contributed by atoms with Gasteiger partial charge in [0.25, 0.3) is 0 Å². The van der Waals surface area contributed by atoms with Crippen molar-refractivity contribution in [3.63, 3.8) is 0 Å². The Morgan fingerprint density at radius 2 is 2.17 bits per heavy atom. The number of aromatic nitrogens is 2. The van der Waals surface area contributed by atoms with Crippen molar-refractivity contribution in [1.29, 1.82) is 0 Å². The zero-order valence-corrected chi connectivity index (χ0v) is 13.8. The van der Waals surface area contributed by atoms with Crippen LogP contribution in [-0.4, -0.2) is 34.0 Å². The predicted molar refractivity (Wildman–Crippen MR) is 92.2 cm³/mol. The van der Waals surface area contributed by atoms with Gasteiger partial charge in [0, 0.05) is 37.2 Å². The maximum atomic E-state index is 12.4. The molecule has 0 spiro atoms. The molecule has 6 heteroatoms. The molecule has 0 unspecified atom stereocenters. The Labute approximate surface area is 141 Å². The summed E-state index contributed by atoms with van der Waals surface area (Å²) in [7, 11) is 0. The molecule has 6 nitrogen and oxygen atoms in total. The molecule has 1 aromatic heterocycles. The van der Waals surface area contributed by atoms with Gasteiger partial charge in [-0.15, -0.1) is 0 Å². The van der Waals surface area contributed by atoms with Crippen molar-refractivity contribution in [3.05, 3.63) is 42.7 Å². The first-order chi connectivity index (χ1) is 11.7. The number of amides is 2. The fourth-order valence-electron chi connectivity index (χ4n) is 2.87. The standard InChI is InChI=1S/C18H22N4O2/c1-2-14-6-4-11-22(13-14)18(23)21-15-7-3-8-16(12-15)24-17-19-9-5-10-20-17/h3,5,7-10,12,14H,2,4,6,11,13H2,1H3,(H,21,23)/t14-/m0/s1.